The first-order valence-corrected chi connectivity index (χ1v) is 7.66. The van der Waals surface area contributed by atoms with Gasteiger partial charge < -0.3 is 5.32 Å². The number of pyridine rings is 1. The molecule has 0 aliphatic carbocycles. The molecule has 0 bridgehead atoms. The van der Waals surface area contributed by atoms with E-state index in [0.717, 1.165) is 38.1 Å². The first-order valence-electron chi connectivity index (χ1n) is 7.66. The van der Waals surface area contributed by atoms with Crippen molar-refractivity contribution >= 4 is 10.9 Å². The van der Waals surface area contributed by atoms with Crippen LogP contribution in [0.5, 0.6) is 0 Å². The van der Waals surface area contributed by atoms with Crippen LogP contribution in [0.15, 0.2) is 36.5 Å². The summed E-state index contributed by atoms with van der Waals surface area (Å²) >= 11 is 0. The Labute approximate surface area is 121 Å². The Morgan fingerprint density at radius 1 is 1.30 bits per heavy atom. The molecule has 1 aromatic carbocycles. The van der Waals surface area contributed by atoms with Gasteiger partial charge in [0.1, 0.15) is 0 Å². The number of piperazine rings is 1. The summed E-state index contributed by atoms with van der Waals surface area (Å²) in [6, 6.07) is 11.4. The molecular weight excluding hydrogens is 246 g/mol. The third kappa shape index (κ3) is 2.84. The van der Waals surface area contributed by atoms with E-state index < -0.39 is 0 Å². The second-order valence-corrected chi connectivity index (χ2v) is 5.54. The second-order valence-electron chi connectivity index (χ2n) is 5.54. The molecule has 3 nitrogen and oxygen atoms in total. The fourth-order valence-electron chi connectivity index (χ4n) is 3.13. The lowest BCUT2D eigenvalue weighted by atomic mass is 10.1. The van der Waals surface area contributed by atoms with Crippen LogP contribution >= 0.6 is 0 Å². The molecule has 2 aromatic rings. The lowest BCUT2D eigenvalue weighted by Crippen LogP contribution is -2.51. The van der Waals surface area contributed by atoms with Crippen LogP contribution in [0.4, 0.5) is 0 Å². The highest BCUT2D eigenvalue weighted by Crippen LogP contribution is 2.17. The lowest BCUT2D eigenvalue weighted by Gasteiger charge is -2.35. The van der Waals surface area contributed by atoms with Crippen LogP contribution < -0.4 is 5.32 Å². The highest BCUT2D eigenvalue weighted by Gasteiger charge is 2.20. The van der Waals surface area contributed by atoms with Crippen LogP contribution in [-0.4, -0.2) is 42.1 Å². The van der Waals surface area contributed by atoms with Crippen molar-refractivity contribution < 1.29 is 0 Å². The quantitative estimate of drug-likeness (QED) is 0.924. The van der Waals surface area contributed by atoms with Crippen LogP contribution in [0.25, 0.3) is 10.9 Å². The zero-order valence-corrected chi connectivity index (χ0v) is 12.2. The fraction of sp³-hybridized carbons (Fsp3) is 0.471. The highest BCUT2D eigenvalue weighted by atomic mass is 15.2. The van der Waals surface area contributed by atoms with Crippen LogP contribution in [0, 0.1) is 0 Å². The van der Waals surface area contributed by atoms with Crippen molar-refractivity contribution in [1.82, 2.24) is 15.2 Å². The number of nitrogens with one attached hydrogen (secondary N) is 1. The predicted octanol–water partition coefficient (Wildman–Crippen LogP) is 2.46. The van der Waals surface area contributed by atoms with Crippen molar-refractivity contribution in [3.05, 3.63) is 42.1 Å². The van der Waals surface area contributed by atoms with Crippen molar-refractivity contribution in [2.45, 2.75) is 25.8 Å². The summed E-state index contributed by atoms with van der Waals surface area (Å²) in [5.74, 6) is 0. The third-order valence-electron chi connectivity index (χ3n) is 4.33. The molecule has 0 saturated carbocycles. The molecular formula is C17H23N3. The minimum Gasteiger partial charge on any atom is -0.314 e. The first kappa shape index (κ1) is 13.5. The van der Waals surface area contributed by atoms with Gasteiger partial charge >= 0.3 is 0 Å². The largest absolute Gasteiger partial charge is 0.314 e. The SMILES string of the molecule is CCC1CNCCN1CCc1cccc2cccnc12. The Hall–Kier alpha value is -1.45. The standard InChI is InChI=1S/C17H23N3/c1-2-16-13-18-10-12-20(16)11-8-15-6-3-5-14-7-4-9-19-17(14)15/h3-7,9,16,18H,2,8,10-13H2,1H3. The van der Waals surface area contributed by atoms with Gasteiger partial charge in [0, 0.05) is 43.8 Å². The lowest BCUT2D eigenvalue weighted by molar-refractivity contribution is 0.159. The number of hydrogen-bond donors (Lipinski definition) is 1. The highest BCUT2D eigenvalue weighted by molar-refractivity contribution is 5.81. The van der Waals surface area contributed by atoms with Gasteiger partial charge in [-0.25, -0.2) is 0 Å². The number of fused-ring (bicyclic) bond motifs is 1. The van der Waals surface area contributed by atoms with Gasteiger partial charge in [-0.2, -0.15) is 0 Å². The fourth-order valence-corrected chi connectivity index (χ4v) is 3.13. The van der Waals surface area contributed by atoms with Crippen molar-refractivity contribution in [3.63, 3.8) is 0 Å². The minimum atomic E-state index is 0.687. The normalized spacial score (nSPS) is 20.4. The predicted molar refractivity (Wildman–Crippen MR) is 84.0 cm³/mol. The van der Waals surface area contributed by atoms with E-state index >= 15 is 0 Å². The van der Waals surface area contributed by atoms with E-state index in [1.54, 1.807) is 0 Å². The Kier molecular flexibility index (Phi) is 4.28. The number of hydrogen-bond acceptors (Lipinski definition) is 3. The van der Waals surface area contributed by atoms with Crippen molar-refractivity contribution in [2.24, 2.45) is 0 Å². The molecule has 1 unspecified atom stereocenters. The molecule has 3 rings (SSSR count). The molecule has 1 atom stereocenters. The molecule has 1 saturated heterocycles. The second kappa shape index (κ2) is 6.33. The smallest absolute Gasteiger partial charge is 0.0734 e. The van der Waals surface area contributed by atoms with Crippen LogP contribution in [-0.2, 0) is 6.42 Å². The van der Waals surface area contributed by atoms with Gasteiger partial charge in [0.2, 0.25) is 0 Å². The Morgan fingerprint density at radius 3 is 3.10 bits per heavy atom. The molecule has 1 fully saturated rings. The van der Waals surface area contributed by atoms with Gasteiger partial charge in [-0.3, -0.25) is 9.88 Å². The van der Waals surface area contributed by atoms with E-state index in [0.29, 0.717) is 6.04 Å². The summed E-state index contributed by atoms with van der Waals surface area (Å²) in [6.45, 7) is 6.82. The van der Waals surface area contributed by atoms with E-state index in [9.17, 15) is 0 Å². The maximum Gasteiger partial charge on any atom is 0.0734 e. The van der Waals surface area contributed by atoms with Gasteiger partial charge in [-0.1, -0.05) is 31.2 Å². The maximum atomic E-state index is 4.55. The monoisotopic (exact) mass is 269 g/mol. The van der Waals surface area contributed by atoms with E-state index in [4.69, 9.17) is 0 Å². The molecule has 2 heterocycles. The third-order valence-corrected chi connectivity index (χ3v) is 4.33. The minimum absolute atomic E-state index is 0.687. The molecule has 1 N–H and O–H groups in total. The van der Waals surface area contributed by atoms with Gasteiger partial charge in [-0.15, -0.1) is 0 Å². The van der Waals surface area contributed by atoms with E-state index in [-0.39, 0.29) is 0 Å². The topological polar surface area (TPSA) is 28.2 Å². The van der Waals surface area contributed by atoms with Crippen LogP contribution in [0.2, 0.25) is 0 Å². The summed E-state index contributed by atoms with van der Waals surface area (Å²) < 4.78 is 0. The van der Waals surface area contributed by atoms with Gasteiger partial charge in [0.05, 0.1) is 5.52 Å². The molecule has 0 radical (unpaired) electrons. The number of para-hydroxylation sites is 1. The van der Waals surface area contributed by atoms with E-state index in [2.05, 4.69) is 46.4 Å². The Bertz CT molecular complexity index is 562. The summed E-state index contributed by atoms with van der Waals surface area (Å²) in [4.78, 5) is 7.18. The first-order chi connectivity index (χ1) is 9.88. The maximum absolute atomic E-state index is 4.55. The van der Waals surface area contributed by atoms with Gasteiger partial charge in [-0.05, 0) is 24.5 Å². The summed E-state index contributed by atoms with van der Waals surface area (Å²) in [5.41, 5.74) is 2.54. The zero-order chi connectivity index (χ0) is 13.8. The number of benzene rings is 1. The van der Waals surface area contributed by atoms with Gasteiger partial charge in [0.25, 0.3) is 0 Å². The molecule has 0 spiro atoms. The average molecular weight is 269 g/mol. The zero-order valence-electron chi connectivity index (χ0n) is 12.2. The van der Waals surface area contributed by atoms with Crippen molar-refractivity contribution in [2.75, 3.05) is 26.2 Å². The molecule has 1 aliphatic heterocycles. The van der Waals surface area contributed by atoms with Crippen molar-refractivity contribution in [3.8, 4) is 0 Å². The Morgan fingerprint density at radius 2 is 2.20 bits per heavy atom. The van der Waals surface area contributed by atoms with E-state index in [1.807, 2.05) is 12.3 Å². The van der Waals surface area contributed by atoms with Crippen LogP contribution in [0.3, 0.4) is 0 Å². The van der Waals surface area contributed by atoms with Gasteiger partial charge in [0.15, 0.2) is 0 Å². The molecule has 106 valence electrons. The van der Waals surface area contributed by atoms with Crippen LogP contribution in [0.1, 0.15) is 18.9 Å². The molecule has 1 aromatic heterocycles. The summed E-state index contributed by atoms with van der Waals surface area (Å²) in [7, 11) is 0. The Balaban J connectivity index is 1.73. The van der Waals surface area contributed by atoms with E-state index in [1.165, 1.54) is 17.4 Å². The number of aromatic nitrogens is 1. The van der Waals surface area contributed by atoms with Crippen molar-refractivity contribution in [1.29, 1.82) is 0 Å². The molecule has 0 amide bonds. The number of nitrogens with zero attached hydrogens (tertiary/aromatic N) is 2. The molecule has 1 aliphatic rings. The molecule has 3 heteroatoms. The average Bonchev–Trinajstić information content (AvgIpc) is 2.53. The summed E-state index contributed by atoms with van der Waals surface area (Å²) in [5, 5.41) is 4.74. The number of rotatable bonds is 4. The molecule has 20 heavy (non-hydrogen) atoms. The summed E-state index contributed by atoms with van der Waals surface area (Å²) in [6.07, 6.45) is 4.21.